The van der Waals surface area contributed by atoms with Gasteiger partial charge in [0.05, 0.1) is 7.11 Å². The summed E-state index contributed by atoms with van der Waals surface area (Å²) in [5.41, 5.74) is 2.06. The lowest BCUT2D eigenvalue weighted by molar-refractivity contribution is 0.414. The van der Waals surface area contributed by atoms with Crippen molar-refractivity contribution in [3.63, 3.8) is 0 Å². The van der Waals surface area contributed by atoms with Gasteiger partial charge in [-0.05, 0) is 43.2 Å². The zero-order chi connectivity index (χ0) is 13.4. The van der Waals surface area contributed by atoms with E-state index >= 15 is 0 Å². The Bertz CT molecular complexity index is 450. The fourth-order valence-electron chi connectivity index (χ4n) is 1.60. The second-order valence-corrected chi connectivity index (χ2v) is 3.92. The fraction of sp³-hybridized carbons (Fsp3) is 0.250. The molecule has 0 bridgehead atoms. The van der Waals surface area contributed by atoms with Gasteiger partial charge in [-0.1, -0.05) is 30.4 Å². The van der Waals surface area contributed by atoms with Gasteiger partial charge in [-0.2, -0.15) is 0 Å². The van der Waals surface area contributed by atoms with E-state index < -0.39 is 0 Å². The van der Waals surface area contributed by atoms with E-state index in [1.54, 1.807) is 13.2 Å². The number of allylic oxidation sites excluding steroid dienone is 5. The first-order valence-electron chi connectivity index (χ1n) is 6.01. The van der Waals surface area contributed by atoms with Crippen LogP contribution in [0.4, 0.5) is 0 Å². The van der Waals surface area contributed by atoms with Crippen molar-refractivity contribution in [2.24, 2.45) is 0 Å². The molecule has 1 aromatic rings. The van der Waals surface area contributed by atoms with Crippen LogP contribution in [0.15, 0.2) is 59.9 Å². The van der Waals surface area contributed by atoms with Gasteiger partial charge in [-0.25, -0.2) is 0 Å². The zero-order valence-electron chi connectivity index (χ0n) is 11.2. The fourth-order valence-corrected chi connectivity index (χ4v) is 1.60. The van der Waals surface area contributed by atoms with Crippen molar-refractivity contribution in [3.8, 4) is 5.75 Å². The molecule has 0 saturated carbocycles. The highest BCUT2D eigenvalue weighted by atomic mass is 16.5. The lowest BCUT2D eigenvalue weighted by Crippen LogP contribution is -1.94. The molecule has 0 radical (unpaired) electrons. The molecule has 2 heteroatoms. The van der Waals surface area contributed by atoms with Crippen molar-refractivity contribution in [3.05, 3.63) is 65.5 Å². The molecule has 0 heterocycles. The van der Waals surface area contributed by atoms with Crippen LogP contribution in [0.5, 0.6) is 5.75 Å². The minimum Gasteiger partial charge on any atom is -0.508 e. The molecule has 0 unspecified atom stereocenters. The highest BCUT2D eigenvalue weighted by molar-refractivity contribution is 5.35. The maximum atomic E-state index is 9.92. The summed E-state index contributed by atoms with van der Waals surface area (Å²) in [5, 5.41) is 9.92. The summed E-state index contributed by atoms with van der Waals surface area (Å²) < 4.78 is 5.12. The predicted molar refractivity (Wildman–Crippen MR) is 76.0 cm³/mol. The number of methoxy groups -OCH3 is 1. The number of aliphatic hydroxyl groups is 1. The van der Waals surface area contributed by atoms with Crippen molar-refractivity contribution < 1.29 is 9.84 Å². The Hall–Kier alpha value is -1.96. The normalized spacial score (nSPS) is 13.1. The summed E-state index contributed by atoms with van der Waals surface area (Å²) in [7, 11) is 1.65. The molecule has 1 N–H and O–H groups in total. The SMILES string of the molecule is C\C=C/C=C(O)\C(=C/C)Cc1ccc(OC)cc1. The average molecular weight is 244 g/mol. The van der Waals surface area contributed by atoms with Gasteiger partial charge >= 0.3 is 0 Å². The number of rotatable bonds is 5. The molecule has 18 heavy (non-hydrogen) atoms. The van der Waals surface area contributed by atoms with Gasteiger partial charge < -0.3 is 9.84 Å². The molecule has 0 aliphatic carbocycles. The molecule has 1 rings (SSSR count). The molecule has 0 spiro atoms. The van der Waals surface area contributed by atoms with Crippen LogP contribution in [0, 0.1) is 0 Å². The van der Waals surface area contributed by atoms with E-state index in [-0.39, 0.29) is 0 Å². The second-order valence-electron chi connectivity index (χ2n) is 3.92. The Balaban J connectivity index is 2.80. The summed E-state index contributed by atoms with van der Waals surface area (Å²) >= 11 is 0. The Morgan fingerprint density at radius 3 is 2.39 bits per heavy atom. The minimum absolute atomic E-state index is 0.311. The standard InChI is InChI=1S/C16H20O2/c1-4-6-7-16(17)14(5-2)12-13-8-10-15(18-3)11-9-13/h4-11,17H,12H2,1-3H3/b6-4-,14-5-,16-7+. The van der Waals surface area contributed by atoms with Crippen molar-refractivity contribution >= 4 is 0 Å². The smallest absolute Gasteiger partial charge is 0.118 e. The van der Waals surface area contributed by atoms with Crippen molar-refractivity contribution in [2.45, 2.75) is 20.3 Å². The highest BCUT2D eigenvalue weighted by Gasteiger charge is 2.03. The van der Waals surface area contributed by atoms with E-state index in [0.717, 1.165) is 16.9 Å². The maximum absolute atomic E-state index is 9.92. The lowest BCUT2D eigenvalue weighted by Gasteiger charge is -2.07. The van der Waals surface area contributed by atoms with Crippen LogP contribution in [-0.4, -0.2) is 12.2 Å². The third kappa shape index (κ3) is 4.13. The Morgan fingerprint density at radius 2 is 1.89 bits per heavy atom. The quantitative estimate of drug-likeness (QED) is 0.621. The molecule has 0 aromatic heterocycles. The Labute approximate surface area is 109 Å². The van der Waals surface area contributed by atoms with Crippen molar-refractivity contribution in [2.75, 3.05) is 7.11 Å². The molecule has 0 amide bonds. The number of ether oxygens (including phenoxy) is 1. The first-order chi connectivity index (χ1) is 8.71. The molecular formula is C16H20O2. The minimum atomic E-state index is 0.311. The van der Waals surface area contributed by atoms with Gasteiger partial charge in [0.2, 0.25) is 0 Å². The van der Waals surface area contributed by atoms with E-state index in [0.29, 0.717) is 12.2 Å². The summed E-state index contributed by atoms with van der Waals surface area (Å²) in [5.74, 6) is 1.15. The van der Waals surface area contributed by atoms with Crippen molar-refractivity contribution in [1.82, 2.24) is 0 Å². The largest absolute Gasteiger partial charge is 0.508 e. The molecule has 0 atom stereocenters. The van der Waals surface area contributed by atoms with Gasteiger partial charge in [0.25, 0.3) is 0 Å². The second kappa shape index (κ2) is 7.38. The third-order valence-corrected chi connectivity index (χ3v) is 2.68. The van der Waals surface area contributed by atoms with Crippen molar-refractivity contribution in [1.29, 1.82) is 0 Å². The lowest BCUT2D eigenvalue weighted by atomic mass is 10.0. The summed E-state index contributed by atoms with van der Waals surface area (Å²) in [6.07, 6.45) is 8.06. The average Bonchev–Trinajstić information content (AvgIpc) is 2.42. The topological polar surface area (TPSA) is 29.5 Å². The third-order valence-electron chi connectivity index (χ3n) is 2.68. The van der Waals surface area contributed by atoms with E-state index in [9.17, 15) is 5.11 Å². The first kappa shape index (κ1) is 14.1. The van der Waals surface area contributed by atoms with Gasteiger partial charge in [-0.3, -0.25) is 0 Å². The van der Waals surface area contributed by atoms with E-state index in [4.69, 9.17) is 4.74 Å². The van der Waals surface area contributed by atoms with Gasteiger partial charge in [0.15, 0.2) is 0 Å². The highest BCUT2D eigenvalue weighted by Crippen LogP contribution is 2.17. The van der Waals surface area contributed by atoms with Crippen LogP contribution >= 0.6 is 0 Å². The van der Waals surface area contributed by atoms with Gasteiger partial charge in [0.1, 0.15) is 11.5 Å². The molecule has 0 aliphatic rings. The number of hydrogen-bond donors (Lipinski definition) is 1. The Kier molecular flexibility index (Phi) is 5.78. The molecule has 2 nitrogen and oxygen atoms in total. The number of aliphatic hydroxyl groups excluding tert-OH is 1. The maximum Gasteiger partial charge on any atom is 0.118 e. The van der Waals surface area contributed by atoms with Crippen LogP contribution < -0.4 is 4.74 Å². The molecule has 96 valence electrons. The van der Waals surface area contributed by atoms with E-state index in [1.165, 1.54) is 0 Å². The van der Waals surface area contributed by atoms with Crippen LogP contribution in [0.3, 0.4) is 0 Å². The van der Waals surface area contributed by atoms with Crippen LogP contribution in [0.25, 0.3) is 0 Å². The van der Waals surface area contributed by atoms with E-state index in [2.05, 4.69) is 0 Å². The molecule has 0 saturated heterocycles. The molecule has 0 fully saturated rings. The first-order valence-corrected chi connectivity index (χ1v) is 6.01. The van der Waals surface area contributed by atoms with Crippen LogP contribution in [-0.2, 0) is 6.42 Å². The predicted octanol–water partition coefficient (Wildman–Crippen LogP) is 4.20. The van der Waals surface area contributed by atoms with Crippen LogP contribution in [0.2, 0.25) is 0 Å². The summed E-state index contributed by atoms with van der Waals surface area (Å²) in [6, 6.07) is 7.86. The van der Waals surface area contributed by atoms with E-state index in [1.807, 2.05) is 56.3 Å². The Morgan fingerprint density at radius 1 is 1.22 bits per heavy atom. The summed E-state index contributed by atoms with van der Waals surface area (Å²) in [6.45, 7) is 3.85. The molecule has 0 aliphatic heterocycles. The van der Waals surface area contributed by atoms with Crippen LogP contribution in [0.1, 0.15) is 19.4 Å². The molecule has 1 aromatic carbocycles. The monoisotopic (exact) mass is 244 g/mol. The molecular weight excluding hydrogens is 224 g/mol. The number of benzene rings is 1. The van der Waals surface area contributed by atoms with Gasteiger partial charge in [0, 0.05) is 6.42 Å². The van der Waals surface area contributed by atoms with Gasteiger partial charge in [-0.15, -0.1) is 0 Å². The summed E-state index contributed by atoms with van der Waals surface area (Å²) in [4.78, 5) is 0. The zero-order valence-corrected chi connectivity index (χ0v) is 11.2. The number of hydrogen-bond acceptors (Lipinski definition) is 2.